The van der Waals surface area contributed by atoms with E-state index in [-0.39, 0.29) is 11.1 Å². The number of hydrogen-bond acceptors (Lipinski definition) is 4. The zero-order chi connectivity index (χ0) is 9.84. The minimum atomic E-state index is -0.523. The van der Waals surface area contributed by atoms with Gasteiger partial charge in [0, 0.05) is 0 Å². The molecule has 0 fully saturated rings. The molecular weight excluding hydrogens is 210 g/mol. The van der Waals surface area contributed by atoms with Crippen molar-refractivity contribution in [1.82, 2.24) is 10.3 Å². The lowest BCUT2D eigenvalue weighted by Crippen LogP contribution is -2.30. The van der Waals surface area contributed by atoms with Gasteiger partial charge in [0.05, 0.1) is 11.6 Å². The Kier molecular flexibility index (Phi) is 3.23. The highest BCUT2D eigenvalue weighted by Gasteiger charge is 2.14. The van der Waals surface area contributed by atoms with Gasteiger partial charge in [0.2, 0.25) is 0 Å². The van der Waals surface area contributed by atoms with Crippen molar-refractivity contribution in [1.29, 1.82) is 5.26 Å². The molecular formula is C7H6ClN3OS. The van der Waals surface area contributed by atoms with E-state index in [9.17, 15) is 4.79 Å². The summed E-state index contributed by atoms with van der Waals surface area (Å²) in [6.45, 7) is 1.59. The summed E-state index contributed by atoms with van der Waals surface area (Å²) in [7, 11) is 0. The molecule has 0 unspecified atom stereocenters. The lowest BCUT2D eigenvalue weighted by molar-refractivity contribution is 0.0952. The average Bonchev–Trinajstić information content (AvgIpc) is 2.51. The van der Waals surface area contributed by atoms with E-state index in [1.165, 1.54) is 5.51 Å². The minimum Gasteiger partial charge on any atom is -0.336 e. The van der Waals surface area contributed by atoms with Gasteiger partial charge in [-0.2, -0.15) is 5.26 Å². The van der Waals surface area contributed by atoms with E-state index in [2.05, 4.69) is 10.3 Å². The van der Waals surface area contributed by atoms with Crippen molar-refractivity contribution in [2.24, 2.45) is 0 Å². The highest BCUT2D eigenvalue weighted by Crippen LogP contribution is 2.17. The quantitative estimate of drug-likeness (QED) is 0.812. The molecule has 13 heavy (non-hydrogen) atoms. The van der Waals surface area contributed by atoms with Crippen LogP contribution in [0.25, 0.3) is 0 Å². The fourth-order valence-corrected chi connectivity index (χ4v) is 1.58. The second-order valence-corrected chi connectivity index (χ2v) is 3.51. The molecule has 0 aliphatic heterocycles. The van der Waals surface area contributed by atoms with Gasteiger partial charge in [-0.25, -0.2) is 4.98 Å². The molecule has 0 aliphatic carbocycles. The molecule has 1 atom stereocenters. The summed E-state index contributed by atoms with van der Waals surface area (Å²) in [5, 5.41) is 11.1. The van der Waals surface area contributed by atoms with Crippen LogP contribution >= 0.6 is 22.9 Å². The predicted molar refractivity (Wildman–Crippen MR) is 49.7 cm³/mol. The molecule has 4 nitrogen and oxygen atoms in total. The molecule has 68 valence electrons. The SMILES string of the molecule is C[C@H](C#N)NC(=O)c1scnc1Cl. The first kappa shape index (κ1) is 9.96. The van der Waals surface area contributed by atoms with Crippen molar-refractivity contribution >= 4 is 28.8 Å². The van der Waals surface area contributed by atoms with E-state index in [0.717, 1.165) is 11.3 Å². The van der Waals surface area contributed by atoms with E-state index in [1.54, 1.807) is 6.92 Å². The molecule has 0 saturated carbocycles. The number of nitriles is 1. The van der Waals surface area contributed by atoms with Crippen molar-refractivity contribution in [3.8, 4) is 6.07 Å². The molecule has 1 aromatic rings. The zero-order valence-corrected chi connectivity index (χ0v) is 8.32. The van der Waals surface area contributed by atoms with E-state index in [0.29, 0.717) is 4.88 Å². The Labute approximate surface area is 84.2 Å². The number of rotatable bonds is 2. The van der Waals surface area contributed by atoms with Gasteiger partial charge in [0.1, 0.15) is 10.9 Å². The van der Waals surface area contributed by atoms with Crippen LogP contribution in [-0.4, -0.2) is 16.9 Å². The minimum absolute atomic E-state index is 0.174. The van der Waals surface area contributed by atoms with Crippen LogP contribution < -0.4 is 5.32 Å². The third-order valence-corrected chi connectivity index (χ3v) is 2.50. The summed E-state index contributed by atoms with van der Waals surface area (Å²) >= 11 is 6.76. The van der Waals surface area contributed by atoms with Gasteiger partial charge >= 0.3 is 0 Å². The largest absolute Gasteiger partial charge is 0.336 e. The highest BCUT2D eigenvalue weighted by atomic mass is 35.5. The van der Waals surface area contributed by atoms with Crippen molar-refractivity contribution in [2.75, 3.05) is 0 Å². The molecule has 0 aliphatic rings. The number of nitrogens with one attached hydrogen (secondary N) is 1. The van der Waals surface area contributed by atoms with Gasteiger partial charge in [-0.15, -0.1) is 11.3 Å². The summed E-state index contributed by atoms with van der Waals surface area (Å²) in [6.07, 6.45) is 0. The molecule has 1 N–H and O–H groups in total. The van der Waals surface area contributed by atoms with Crippen LogP contribution in [0.2, 0.25) is 5.15 Å². The van der Waals surface area contributed by atoms with E-state index in [1.807, 2.05) is 6.07 Å². The lowest BCUT2D eigenvalue weighted by Gasteiger charge is -2.03. The summed E-state index contributed by atoms with van der Waals surface area (Å²) in [4.78, 5) is 15.4. The lowest BCUT2D eigenvalue weighted by atomic mass is 10.3. The molecule has 1 heterocycles. The Morgan fingerprint density at radius 1 is 1.92 bits per heavy atom. The third-order valence-electron chi connectivity index (χ3n) is 1.27. The second-order valence-electron chi connectivity index (χ2n) is 2.30. The van der Waals surface area contributed by atoms with Crippen molar-refractivity contribution in [2.45, 2.75) is 13.0 Å². The Morgan fingerprint density at radius 2 is 2.62 bits per heavy atom. The monoisotopic (exact) mass is 215 g/mol. The van der Waals surface area contributed by atoms with Crippen LogP contribution in [0.4, 0.5) is 0 Å². The number of nitrogens with zero attached hydrogens (tertiary/aromatic N) is 2. The standard InChI is InChI=1S/C7H6ClN3OS/c1-4(2-9)11-7(12)5-6(8)10-3-13-5/h3-4H,1H3,(H,11,12)/t4-/m1/s1. The number of halogens is 1. The van der Waals surface area contributed by atoms with Crippen molar-refractivity contribution < 1.29 is 4.79 Å². The molecule has 1 amide bonds. The summed E-state index contributed by atoms with van der Waals surface area (Å²) in [6, 6.07) is 1.36. The fraction of sp³-hybridized carbons (Fsp3) is 0.286. The molecule has 0 radical (unpaired) electrons. The van der Waals surface area contributed by atoms with Gasteiger partial charge < -0.3 is 5.32 Å². The van der Waals surface area contributed by atoms with Gasteiger partial charge in [-0.05, 0) is 6.92 Å². The smallest absolute Gasteiger partial charge is 0.265 e. The molecule has 6 heteroatoms. The Hall–Kier alpha value is -1.12. The molecule has 0 aromatic carbocycles. The van der Waals surface area contributed by atoms with Crippen LogP contribution in [-0.2, 0) is 0 Å². The second kappa shape index (κ2) is 4.21. The maximum absolute atomic E-state index is 11.3. The molecule has 1 aromatic heterocycles. The number of carbonyl (C=O) groups is 1. The maximum Gasteiger partial charge on any atom is 0.265 e. The van der Waals surface area contributed by atoms with Crippen molar-refractivity contribution in [3.63, 3.8) is 0 Å². The normalized spacial score (nSPS) is 11.8. The van der Waals surface area contributed by atoms with Crippen LogP contribution in [0.15, 0.2) is 5.51 Å². The van der Waals surface area contributed by atoms with E-state index in [4.69, 9.17) is 16.9 Å². The first-order chi connectivity index (χ1) is 6.15. The number of hydrogen-bond donors (Lipinski definition) is 1. The van der Waals surface area contributed by atoms with Gasteiger partial charge in [0.15, 0.2) is 5.15 Å². The first-order valence-electron chi connectivity index (χ1n) is 3.44. The number of amides is 1. The van der Waals surface area contributed by atoms with Crippen LogP contribution in [0.3, 0.4) is 0 Å². The average molecular weight is 216 g/mol. The van der Waals surface area contributed by atoms with E-state index < -0.39 is 6.04 Å². The van der Waals surface area contributed by atoms with Gasteiger partial charge in [0.25, 0.3) is 5.91 Å². The molecule has 0 saturated heterocycles. The Morgan fingerprint density at radius 3 is 3.08 bits per heavy atom. The maximum atomic E-state index is 11.3. The Bertz CT molecular complexity index is 357. The highest BCUT2D eigenvalue weighted by molar-refractivity contribution is 7.12. The fourth-order valence-electron chi connectivity index (χ4n) is 0.674. The number of carbonyl (C=O) groups excluding carboxylic acids is 1. The summed E-state index contributed by atoms with van der Waals surface area (Å²) < 4.78 is 0. The molecule has 1 rings (SSSR count). The van der Waals surface area contributed by atoms with Crippen LogP contribution in [0, 0.1) is 11.3 Å². The first-order valence-corrected chi connectivity index (χ1v) is 4.70. The van der Waals surface area contributed by atoms with Crippen LogP contribution in [0.5, 0.6) is 0 Å². The number of aromatic nitrogens is 1. The predicted octanol–water partition coefficient (Wildman–Crippen LogP) is 1.44. The van der Waals surface area contributed by atoms with E-state index >= 15 is 0 Å². The van der Waals surface area contributed by atoms with Gasteiger partial charge in [-0.3, -0.25) is 4.79 Å². The number of thiazole rings is 1. The Balaban J connectivity index is 2.71. The van der Waals surface area contributed by atoms with Crippen LogP contribution in [0.1, 0.15) is 16.6 Å². The van der Waals surface area contributed by atoms with Crippen molar-refractivity contribution in [3.05, 3.63) is 15.5 Å². The topological polar surface area (TPSA) is 65.8 Å². The summed E-state index contributed by atoms with van der Waals surface area (Å²) in [5.74, 6) is -0.360. The summed E-state index contributed by atoms with van der Waals surface area (Å²) in [5.41, 5.74) is 1.48. The zero-order valence-electron chi connectivity index (χ0n) is 6.74. The molecule has 0 bridgehead atoms. The third kappa shape index (κ3) is 2.41. The molecule has 0 spiro atoms. The van der Waals surface area contributed by atoms with Gasteiger partial charge in [-0.1, -0.05) is 11.6 Å².